The highest BCUT2D eigenvalue weighted by molar-refractivity contribution is 5.27. The number of morpholine rings is 1. The van der Waals surface area contributed by atoms with Gasteiger partial charge in [-0.25, -0.2) is 0 Å². The number of hydrogen-bond donors (Lipinski definition) is 2. The van der Waals surface area contributed by atoms with E-state index in [0.717, 1.165) is 38.4 Å². The molecule has 5 heteroatoms. The van der Waals surface area contributed by atoms with Gasteiger partial charge in [-0.3, -0.25) is 10.00 Å². The maximum atomic E-state index is 5.84. The minimum atomic E-state index is 0.308. The molecule has 0 bridgehead atoms. The fraction of sp³-hybridized carbons (Fsp3) is 0.526. The topological polar surface area (TPSA) is 53.2 Å². The highest BCUT2D eigenvalue weighted by atomic mass is 16.5. The lowest BCUT2D eigenvalue weighted by Gasteiger charge is -2.35. The molecule has 0 unspecified atom stereocenters. The van der Waals surface area contributed by atoms with Crippen LogP contribution in [0.3, 0.4) is 0 Å². The quantitative estimate of drug-likeness (QED) is 0.856. The van der Waals surface area contributed by atoms with E-state index in [1.54, 1.807) is 0 Å². The Morgan fingerprint density at radius 3 is 2.46 bits per heavy atom. The number of ether oxygens (including phenoxy) is 1. The number of hydrogen-bond acceptors (Lipinski definition) is 4. The molecular formula is C19H28N4O. The van der Waals surface area contributed by atoms with Gasteiger partial charge in [0.1, 0.15) is 0 Å². The summed E-state index contributed by atoms with van der Waals surface area (Å²) in [5, 5.41) is 10.6. The monoisotopic (exact) mass is 328 g/mol. The fourth-order valence-corrected chi connectivity index (χ4v) is 3.42. The summed E-state index contributed by atoms with van der Waals surface area (Å²) < 4.78 is 5.84. The van der Waals surface area contributed by atoms with Crippen LogP contribution in [0.2, 0.25) is 0 Å². The van der Waals surface area contributed by atoms with E-state index in [1.807, 2.05) is 6.20 Å². The number of aryl methyl sites for hydroxylation is 1. The van der Waals surface area contributed by atoms with Crippen LogP contribution < -0.4 is 5.32 Å². The largest absolute Gasteiger partial charge is 0.373 e. The maximum Gasteiger partial charge on any atom is 0.0678 e. The molecule has 1 aromatic heterocycles. The molecule has 5 nitrogen and oxygen atoms in total. The molecule has 0 spiro atoms. The van der Waals surface area contributed by atoms with Crippen LogP contribution >= 0.6 is 0 Å². The summed E-state index contributed by atoms with van der Waals surface area (Å²) in [4.78, 5) is 2.50. The Labute approximate surface area is 144 Å². The van der Waals surface area contributed by atoms with Gasteiger partial charge in [0.15, 0.2) is 0 Å². The highest BCUT2D eigenvalue weighted by Crippen LogP contribution is 2.17. The summed E-state index contributed by atoms with van der Waals surface area (Å²) in [7, 11) is 0. The van der Waals surface area contributed by atoms with Crippen molar-refractivity contribution in [3.8, 4) is 0 Å². The smallest absolute Gasteiger partial charge is 0.0678 e. The lowest BCUT2D eigenvalue weighted by atomic mass is 10.1. The van der Waals surface area contributed by atoms with E-state index in [9.17, 15) is 0 Å². The van der Waals surface area contributed by atoms with E-state index in [2.05, 4.69) is 65.5 Å². The molecule has 130 valence electrons. The van der Waals surface area contributed by atoms with E-state index in [0.29, 0.717) is 12.2 Å². The summed E-state index contributed by atoms with van der Waals surface area (Å²) in [5.41, 5.74) is 5.12. The molecule has 0 radical (unpaired) electrons. The van der Waals surface area contributed by atoms with Crippen molar-refractivity contribution in [3.63, 3.8) is 0 Å². The Morgan fingerprint density at radius 2 is 1.79 bits per heavy atom. The molecule has 1 aliphatic rings. The van der Waals surface area contributed by atoms with E-state index in [1.165, 1.54) is 16.7 Å². The summed E-state index contributed by atoms with van der Waals surface area (Å²) >= 11 is 0. The second-order valence-electron chi connectivity index (χ2n) is 6.84. The molecule has 2 atom stereocenters. The molecule has 0 saturated carbocycles. The SMILES string of the molecule is Cc1[nH]ncc1CNCc1ccccc1CN1C[C@@H](C)O[C@H](C)C1. The lowest BCUT2D eigenvalue weighted by molar-refractivity contribution is -0.0705. The van der Waals surface area contributed by atoms with Crippen LogP contribution in [0.25, 0.3) is 0 Å². The minimum Gasteiger partial charge on any atom is -0.373 e. The number of nitrogens with zero attached hydrogens (tertiary/aromatic N) is 2. The van der Waals surface area contributed by atoms with Gasteiger partial charge in [0.05, 0.1) is 18.4 Å². The summed E-state index contributed by atoms with van der Waals surface area (Å²) in [5.74, 6) is 0. The third kappa shape index (κ3) is 4.44. The fourth-order valence-electron chi connectivity index (χ4n) is 3.42. The molecule has 24 heavy (non-hydrogen) atoms. The number of nitrogens with one attached hydrogen (secondary N) is 2. The second kappa shape index (κ2) is 7.92. The Balaban J connectivity index is 1.59. The van der Waals surface area contributed by atoms with Gasteiger partial charge in [0.25, 0.3) is 0 Å². The number of benzene rings is 1. The lowest BCUT2D eigenvalue weighted by Crippen LogP contribution is -2.45. The molecular weight excluding hydrogens is 300 g/mol. The first-order chi connectivity index (χ1) is 11.6. The van der Waals surface area contributed by atoms with Gasteiger partial charge >= 0.3 is 0 Å². The predicted octanol–water partition coefficient (Wildman–Crippen LogP) is 2.62. The Kier molecular flexibility index (Phi) is 5.66. The van der Waals surface area contributed by atoms with Crippen molar-refractivity contribution < 1.29 is 4.74 Å². The van der Waals surface area contributed by atoms with Crippen LogP contribution in [-0.2, 0) is 24.4 Å². The van der Waals surface area contributed by atoms with Crippen LogP contribution in [0.5, 0.6) is 0 Å². The first kappa shape index (κ1) is 17.1. The van der Waals surface area contributed by atoms with Crippen LogP contribution in [-0.4, -0.2) is 40.4 Å². The summed E-state index contributed by atoms with van der Waals surface area (Å²) in [6.07, 6.45) is 2.51. The second-order valence-corrected chi connectivity index (χ2v) is 6.84. The Morgan fingerprint density at radius 1 is 1.12 bits per heavy atom. The number of aromatic amines is 1. The third-order valence-electron chi connectivity index (χ3n) is 4.57. The normalized spacial score (nSPS) is 22.0. The molecule has 2 aromatic rings. The van der Waals surface area contributed by atoms with Gasteiger partial charge in [-0.05, 0) is 31.9 Å². The predicted molar refractivity (Wildman–Crippen MR) is 95.6 cm³/mol. The van der Waals surface area contributed by atoms with Gasteiger partial charge in [-0.1, -0.05) is 24.3 Å². The Hall–Kier alpha value is -1.69. The first-order valence-electron chi connectivity index (χ1n) is 8.76. The van der Waals surface area contributed by atoms with Crippen molar-refractivity contribution in [1.29, 1.82) is 0 Å². The zero-order valence-corrected chi connectivity index (χ0v) is 14.9. The number of H-pyrrole nitrogens is 1. The molecule has 1 saturated heterocycles. The van der Waals surface area contributed by atoms with Crippen molar-refractivity contribution in [3.05, 3.63) is 52.8 Å². The molecule has 2 N–H and O–H groups in total. The molecule has 2 heterocycles. The van der Waals surface area contributed by atoms with Gasteiger partial charge < -0.3 is 10.1 Å². The molecule has 1 fully saturated rings. The molecule has 0 amide bonds. The van der Waals surface area contributed by atoms with Crippen molar-refractivity contribution in [2.24, 2.45) is 0 Å². The van der Waals surface area contributed by atoms with Gasteiger partial charge in [-0.15, -0.1) is 0 Å². The van der Waals surface area contributed by atoms with Crippen molar-refractivity contribution >= 4 is 0 Å². The summed E-state index contributed by atoms with van der Waals surface area (Å²) in [6, 6.07) is 8.71. The molecule has 1 aliphatic heterocycles. The van der Waals surface area contributed by atoms with E-state index < -0.39 is 0 Å². The number of aromatic nitrogens is 2. The Bertz CT molecular complexity index is 644. The highest BCUT2D eigenvalue weighted by Gasteiger charge is 2.22. The van der Waals surface area contributed by atoms with E-state index in [4.69, 9.17) is 4.74 Å². The van der Waals surface area contributed by atoms with Gasteiger partial charge in [-0.2, -0.15) is 5.10 Å². The van der Waals surface area contributed by atoms with Gasteiger partial charge in [0.2, 0.25) is 0 Å². The standard InChI is InChI=1S/C19H28N4O/c1-14-11-23(12-15(2)24-14)13-18-7-5-4-6-17(18)8-20-9-19-10-21-22-16(19)3/h4-7,10,14-15,20H,8-9,11-13H2,1-3H3,(H,21,22)/t14-,15-/m1/s1. The minimum absolute atomic E-state index is 0.308. The van der Waals surface area contributed by atoms with E-state index in [-0.39, 0.29) is 0 Å². The molecule has 3 rings (SSSR count). The maximum absolute atomic E-state index is 5.84. The zero-order valence-electron chi connectivity index (χ0n) is 14.9. The van der Waals surface area contributed by atoms with Gasteiger partial charge in [0, 0.05) is 44.0 Å². The van der Waals surface area contributed by atoms with E-state index >= 15 is 0 Å². The third-order valence-corrected chi connectivity index (χ3v) is 4.57. The molecule has 1 aromatic carbocycles. The average Bonchev–Trinajstić information content (AvgIpc) is 2.93. The van der Waals surface area contributed by atoms with Crippen LogP contribution in [0.4, 0.5) is 0 Å². The number of rotatable bonds is 6. The average molecular weight is 328 g/mol. The molecule has 0 aliphatic carbocycles. The van der Waals surface area contributed by atoms with Crippen LogP contribution in [0.1, 0.15) is 36.2 Å². The van der Waals surface area contributed by atoms with Crippen LogP contribution in [0.15, 0.2) is 30.5 Å². The zero-order chi connectivity index (χ0) is 16.9. The van der Waals surface area contributed by atoms with Crippen molar-refractivity contribution in [1.82, 2.24) is 20.4 Å². The van der Waals surface area contributed by atoms with Crippen molar-refractivity contribution in [2.75, 3.05) is 13.1 Å². The summed E-state index contributed by atoms with van der Waals surface area (Å²) in [6.45, 7) is 11.1. The first-order valence-corrected chi connectivity index (χ1v) is 8.76. The van der Waals surface area contributed by atoms with Crippen molar-refractivity contribution in [2.45, 2.75) is 52.6 Å². The van der Waals surface area contributed by atoms with Crippen LogP contribution in [0, 0.1) is 6.92 Å².